The average Bonchev–Trinajstić information content (AvgIpc) is 2.43. The first-order valence-electron chi connectivity index (χ1n) is 7.80. The lowest BCUT2D eigenvalue weighted by molar-refractivity contribution is -0.123. The van der Waals surface area contributed by atoms with Crippen LogP contribution < -0.4 is 10.6 Å². The number of aliphatic hydroxyl groups is 1. The topological polar surface area (TPSA) is 61.4 Å². The van der Waals surface area contributed by atoms with Crippen molar-refractivity contribution in [3.63, 3.8) is 0 Å². The van der Waals surface area contributed by atoms with Gasteiger partial charge in [0, 0.05) is 12.6 Å². The van der Waals surface area contributed by atoms with E-state index in [2.05, 4.69) is 24.5 Å². The number of rotatable bonds is 7. The molecular weight excluding hydrogens is 240 g/mol. The molecule has 0 radical (unpaired) electrons. The van der Waals surface area contributed by atoms with E-state index < -0.39 is 0 Å². The molecule has 1 amide bonds. The van der Waals surface area contributed by atoms with E-state index in [1.54, 1.807) is 0 Å². The van der Waals surface area contributed by atoms with E-state index in [4.69, 9.17) is 0 Å². The maximum atomic E-state index is 12.0. The minimum absolute atomic E-state index is 0.0685. The van der Waals surface area contributed by atoms with Crippen LogP contribution in [0.2, 0.25) is 0 Å². The molecule has 3 atom stereocenters. The zero-order chi connectivity index (χ0) is 14.3. The molecule has 0 spiro atoms. The van der Waals surface area contributed by atoms with Gasteiger partial charge in [-0.25, -0.2) is 0 Å². The molecule has 3 N–H and O–H groups in total. The summed E-state index contributed by atoms with van der Waals surface area (Å²) < 4.78 is 0. The maximum absolute atomic E-state index is 12.0. The molecule has 1 aliphatic rings. The van der Waals surface area contributed by atoms with Gasteiger partial charge in [0.25, 0.3) is 0 Å². The van der Waals surface area contributed by atoms with E-state index in [0.29, 0.717) is 5.92 Å². The minimum Gasteiger partial charge on any atom is -0.393 e. The van der Waals surface area contributed by atoms with Crippen molar-refractivity contribution in [1.82, 2.24) is 10.6 Å². The van der Waals surface area contributed by atoms with Crippen LogP contribution in [0.3, 0.4) is 0 Å². The van der Waals surface area contributed by atoms with Gasteiger partial charge in [-0.15, -0.1) is 0 Å². The third-order valence-electron chi connectivity index (χ3n) is 4.28. The van der Waals surface area contributed by atoms with Gasteiger partial charge in [0.05, 0.1) is 12.1 Å². The van der Waals surface area contributed by atoms with Gasteiger partial charge in [0.1, 0.15) is 0 Å². The Bertz CT molecular complexity index is 267. The first-order chi connectivity index (χ1) is 9.08. The molecule has 0 heterocycles. The molecule has 4 nitrogen and oxygen atoms in total. The van der Waals surface area contributed by atoms with Crippen LogP contribution in [0.25, 0.3) is 0 Å². The van der Waals surface area contributed by atoms with Crippen molar-refractivity contribution in [3.8, 4) is 0 Å². The normalized spacial score (nSPS) is 25.3. The zero-order valence-corrected chi connectivity index (χ0v) is 12.6. The number of carbonyl (C=O) groups is 1. The SMILES string of the molecule is CCC(CC)NC(=O)C(C)NCC1CCCCC1O. The van der Waals surface area contributed by atoms with E-state index in [0.717, 1.165) is 38.6 Å². The smallest absolute Gasteiger partial charge is 0.237 e. The van der Waals surface area contributed by atoms with E-state index in [1.807, 2.05) is 6.92 Å². The van der Waals surface area contributed by atoms with Crippen LogP contribution in [-0.2, 0) is 4.79 Å². The summed E-state index contributed by atoms with van der Waals surface area (Å²) in [5.74, 6) is 0.371. The maximum Gasteiger partial charge on any atom is 0.237 e. The Hall–Kier alpha value is -0.610. The van der Waals surface area contributed by atoms with Gasteiger partial charge < -0.3 is 15.7 Å². The van der Waals surface area contributed by atoms with Gasteiger partial charge in [-0.2, -0.15) is 0 Å². The summed E-state index contributed by atoms with van der Waals surface area (Å²) in [4.78, 5) is 12.0. The number of carbonyl (C=O) groups excluding carboxylic acids is 1. The molecule has 0 aromatic heterocycles. The first kappa shape index (κ1) is 16.4. The second-order valence-electron chi connectivity index (χ2n) is 5.76. The highest BCUT2D eigenvalue weighted by molar-refractivity contribution is 5.81. The van der Waals surface area contributed by atoms with Gasteiger partial charge in [0.2, 0.25) is 5.91 Å². The van der Waals surface area contributed by atoms with Gasteiger partial charge in [-0.05, 0) is 38.5 Å². The number of hydrogen-bond donors (Lipinski definition) is 3. The van der Waals surface area contributed by atoms with Crippen molar-refractivity contribution in [2.24, 2.45) is 5.92 Å². The van der Waals surface area contributed by atoms with Crippen molar-refractivity contribution in [1.29, 1.82) is 0 Å². The lowest BCUT2D eigenvalue weighted by Crippen LogP contribution is -2.48. The minimum atomic E-state index is -0.199. The highest BCUT2D eigenvalue weighted by atomic mass is 16.3. The molecule has 0 aromatic carbocycles. The summed E-state index contributed by atoms with van der Waals surface area (Å²) in [6.45, 7) is 6.81. The molecule has 3 unspecified atom stereocenters. The van der Waals surface area contributed by atoms with E-state index >= 15 is 0 Å². The van der Waals surface area contributed by atoms with Crippen molar-refractivity contribution >= 4 is 5.91 Å². The number of aliphatic hydroxyl groups excluding tert-OH is 1. The monoisotopic (exact) mass is 270 g/mol. The van der Waals surface area contributed by atoms with Gasteiger partial charge in [0.15, 0.2) is 0 Å². The van der Waals surface area contributed by atoms with Gasteiger partial charge >= 0.3 is 0 Å². The molecule has 0 saturated heterocycles. The van der Waals surface area contributed by atoms with E-state index in [9.17, 15) is 9.90 Å². The Balaban J connectivity index is 2.29. The molecule has 4 heteroatoms. The Labute approximate surface area is 117 Å². The molecule has 19 heavy (non-hydrogen) atoms. The number of hydrogen-bond acceptors (Lipinski definition) is 3. The fourth-order valence-corrected chi connectivity index (χ4v) is 2.67. The predicted molar refractivity (Wildman–Crippen MR) is 77.9 cm³/mol. The van der Waals surface area contributed by atoms with Crippen LogP contribution in [0.1, 0.15) is 59.3 Å². The first-order valence-corrected chi connectivity index (χ1v) is 7.80. The summed E-state index contributed by atoms with van der Waals surface area (Å²) >= 11 is 0. The molecule has 112 valence electrons. The van der Waals surface area contributed by atoms with Crippen LogP contribution in [-0.4, -0.2) is 35.7 Å². The molecule has 0 aromatic rings. The summed E-state index contributed by atoms with van der Waals surface area (Å²) in [6.07, 6.45) is 6.03. The number of amides is 1. The van der Waals surface area contributed by atoms with E-state index in [-0.39, 0.29) is 24.1 Å². The Morgan fingerprint density at radius 2 is 1.89 bits per heavy atom. The van der Waals surface area contributed by atoms with E-state index in [1.165, 1.54) is 6.42 Å². The largest absolute Gasteiger partial charge is 0.393 e. The molecule has 1 aliphatic carbocycles. The van der Waals surface area contributed by atoms with Gasteiger partial charge in [-0.3, -0.25) is 4.79 Å². The van der Waals surface area contributed by atoms with Crippen molar-refractivity contribution < 1.29 is 9.90 Å². The van der Waals surface area contributed by atoms with Crippen molar-refractivity contribution in [3.05, 3.63) is 0 Å². The third-order valence-corrected chi connectivity index (χ3v) is 4.28. The van der Waals surface area contributed by atoms with Gasteiger partial charge in [-0.1, -0.05) is 26.7 Å². The summed E-state index contributed by atoms with van der Waals surface area (Å²) in [7, 11) is 0. The van der Waals surface area contributed by atoms with Crippen LogP contribution in [0.4, 0.5) is 0 Å². The third kappa shape index (κ3) is 5.49. The predicted octanol–water partition coefficient (Wildman–Crippen LogP) is 1.82. The van der Waals surface area contributed by atoms with Crippen LogP contribution in [0, 0.1) is 5.92 Å². The zero-order valence-electron chi connectivity index (χ0n) is 12.6. The average molecular weight is 270 g/mol. The Morgan fingerprint density at radius 3 is 2.47 bits per heavy atom. The van der Waals surface area contributed by atoms with Crippen molar-refractivity contribution in [2.45, 2.75) is 77.5 Å². The lowest BCUT2D eigenvalue weighted by Gasteiger charge is -2.29. The fraction of sp³-hybridized carbons (Fsp3) is 0.933. The molecule has 0 aliphatic heterocycles. The highest BCUT2D eigenvalue weighted by Gasteiger charge is 2.24. The molecule has 1 saturated carbocycles. The summed E-state index contributed by atoms with van der Waals surface area (Å²) in [5.41, 5.74) is 0. The fourth-order valence-electron chi connectivity index (χ4n) is 2.67. The van der Waals surface area contributed by atoms with Crippen LogP contribution >= 0.6 is 0 Å². The quantitative estimate of drug-likeness (QED) is 0.661. The summed E-state index contributed by atoms with van der Waals surface area (Å²) in [6, 6.07) is 0.0896. The standard InChI is InChI=1S/C15H30N2O2/c1-4-13(5-2)17-15(19)11(3)16-10-12-8-6-7-9-14(12)18/h11-14,16,18H,4-10H2,1-3H3,(H,17,19). The molecule has 0 bridgehead atoms. The Morgan fingerprint density at radius 1 is 1.26 bits per heavy atom. The second kappa shape index (κ2) is 8.54. The van der Waals surface area contributed by atoms with Crippen LogP contribution in [0.5, 0.6) is 0 Å². The summed E-state index contributed by atoms with van der Waals surface area (Å²) in [5, 5.41) is 16.2. The Kier molecular flexibility index (Phi) is 7.39. The van der Waals surface area contributed by atoms with Crippen molar-refractivity contribution in [2.75, 3.05) is 6.54 Å². The second-order valence-corrected chi connectivity index (χ2v) is 5.76. The molecule has 1 rings (SSSR count). The lowest BCUT2D eigenvalue weighted by atomic mass is 9.86. The molecule has 1 fully saturated rings. The number of nitrogens with one attached hydrogen (secondary N) is 2. The van der Waals surface area contributed by atoms with Crippen LogP contribution in [0.15, 0.2) is 0 Å². The highest BCUT2D eigenvalue weighted by Crippen LogP contribution is 2.23. The molecular formula is C15H30N2O2.